The molecule has 0 aliphatic heterocycles. The summed E-state index contributed by atoms with van der Waals surface area (Å²) in [6.07, 6.45) is -0.569. The zero-order valence-corrected chi connectivity index (χ0v) is 4.98. The highest BCUT2D eigenvalue weighted by molar-refractivity contribution is 7.81. The Bertz CT molecular complexity index is 47.0. The largest absolute Gasteiger partial charge is 0.395 e. The fourth-order valence-corrected chi connectivity index (χ4v) is 0.153. The molecule has 0 saturated heterocycles. The molecule has 0 aliphatic carbocycles. The minimum Gasteiger partial charge on any atom is -0.395 e. The predicted molar refractivity (Wildman–Crippen MR) is 30.1 cm³/mol. The van der Waals surface area contributed by atoms with E-state index in [1.807, 2.05) is 0 Å². The van der Waals surface area contributed by atoms with E-state index in [0.29, 0.717) is 0 Å². The highest BCUT2D eigenvalue weighted by Crippen LogP contribution is 1.97. The van der Waals surface area contributed by atoms with Crippen LogP contribution in [0, 0.1) is 0 Å². The first-order valence-electron chi connectivity index (χ1n) is 2.13. The second-order valence-corrected chi connectivity index (χ2v) is 2.07. The quantitative estimate of drug-likeness (QED) is 0.536. The lowest BCUT2D eigenvalue weighted by Crippen LogP contribution is -2.20. The van der Waals surface area contributed by atoms with E-state index in [4.69, 9.17) is 10.2 Å². The van der Waals surface area contributed by atoms with Gasteiger partial charge in [-0.25, -0.2) is 0 Å². The first-order valence-corrected chi connectivity index (χ1v) is 2.60. The van der Waals surface area contributed by atoms with Gasteiger partial charge in [-0.3, -0.25) is 0 Å². The lowest BCUT2D eigenvalue weighted by atomic mass is 10.3. The minimum absolute atomic E-state index is 0.118. The lowest BCUT2D eigenvalue weighted by molar-refractivity contribution is 0.157. The van der Waals surface area contributed by atoms with Gasteiger partial charge in [-0.1, -0.05) is 12.6 Å². The number of aliphatic hydroxyl groups excluding tert-OH is 2. The van der Waals surface area contributed by atoms with Gasteiger partial charge < -0.3 is 10.2 Å². The summed E-state index contributed by atoms with van der Waals surface area (Å²) in [5.41, 5.74) is 0. The number of rotatable bonds is 2. The highest BCUT2D eigenvalue weighted by Gasteiger charge is 2.06. The van der Waals surface area contributed by atoms with Crippen LogP contribution in [0.5, 0.6) is 0 Å². The number of aliphatic hydroxyl groups is 2. The molecule has 2 nitrogen and oxygen atoms in total. The second kappa shape index (κ2) is 3.29. The normalized spacial score (nSPS) is 18.9. The summed E-state index contributed by atoms with van der Waals surface area (Å²) < 4.78 is 0. The molecule has 0 aromatic heterocycles. The van der Waals surface area contributed by atoms with Crippen molar-refractivity contribution in [2.75, 3.05) is 6.61 Å². The molecule has 0 rings (SSSR count). The SMILES string of the molecule is CC(O)C([S])CO. The minimum atomic E-state index is -0.569. The van der Waals surface area contributed by atoms with E-state index in [2.05, 4.69) is 12.6 Å². The molecule has 2 atom stereocenters. The van der Waals surface area contributed by atoms with Crippen molar-refractivity contribution in [3.63, 3.8) is 0 Å². The van der Waals surface area contributed by atoms with Crippen molar-refractivity contribution in [3.05, 3.63) is 0 Å². The van der Waals surface area contributed by atoms with E-state index in [1.54, 1.807) is 6.92 Å². The zero-order valence-electron chi connectivity index (χ0n) is 4.16. The molecule has 7 heavy (non-hydrogen) atoms. The molecule has 0 spiro atoms. The van der Waals surface area contributed by atoms with Gasteiger partial charge in [-0.15, -0.1) is 0 Å². The van der Waals surface area contributed by atoms with Gasteiger partial charge in [-0.05, 0) is 6.92 Å². The number of hydrogen-bond acceptors (Lipinski definition) is 2. The van der Waals surface area contributed by atoms with Crippen LogP contribution in [-0.2, 0) is 0 Å². The molecule has 1 radical (unpaired) electrons. The van der Waals surface area contributed by atoms with Gasteiger partial charge in [0.15, 0.2) is 0 Å². The summed E-state index contributed by atoms with van der Waals surface area (Å²) in [6.45, 7) is 1.45. The Morgan fingerprint density at radius 3 is 2.14 bits per heavy atom. The Hall–Kier alpha value is 0.270. The molecule has 0 aromatic rings. The molecular weight excluding hydrogens is 112 g/mol. The zero-order chi connectivity index (χ0) is 5.86. The maximum absolute atomic E-state index is 8.56. The van der Waals surface area contributed by atoms with Crippen molar-refractivity contribution < 1.29 is 10.2 Å². The van der Waals surface area contributed by atoms with Crippen molar-refractivity contribution in [2.24, 2.45) is 0 Å². The molecule has 3 heteroatoms. The van der Waals surface area contributed by atoms with Crippen molar-refractivity contribution in [1.29, 1.82) is 0 Å². The third kappa shape index (κ3) is 2.91. The molecule has 0 aromatic carbocycles. The maximum atomic E-state index is 8.56. The van der Waals surface area contributed by atoms with Gasteiger partial charge in [-0.2, -0.15) is 0 Å². The van der Waals surface area contributed by atoms with Gasteiger partial charge in [0.05, 0.1) is 18.0 Å². The van der Waals surface area contributed by atoms with E-state index in [1.165, 1.54) is 0 Å². The van der Waals surface area contributed by atoms with Crippen LogP contribution in [0.25, 0.3) is 0 Å². The molecule has 0 fully saturated rings. The van der Waals surface area contributed by atoms with Crippen molar-refractivity contribution in [3.8, 4) is 0 Å². The summed E-state index contributed by atoms with van der Waals surface area (Å²) in [7, 11) is 0. The third-order valence-electron chi connectivity index (χ3n) is 0.718. The molecule has 0 heterocycles. The van der Waals surface area contributed by atoms with E-state index in [0.717, 1.165) is 0 Å². The Morgan fingerprint density at radius 1 is 1.71 bits per heavy atom. The average Bonchev–Trinajstić information content (AvgIpc) is 1.65. The van der Waals surface area contributed by atoms with Crippen molar-refractivity contribution in [2.45, 2.75) is 18.3 Å². The van der Waals surface area contributed by atoms with Gasteiger partial charge in [0.2, 0.25) is 0 Å². The third-order valence-corrected chi connectivity index (χ3v) is 1.26. The lowest BCUT2D eigenvalue weighted by Gasteiger charge is -2.06. The van der Waals surface area contributed by atoms with Crippen LogP contribution in [0.1, 0.15) is 6.92 Å². The summed E-state index contributed by atoms with van der Waals surface area (Å²) in [5.74, 6) is 0. The molecule has 2 N–H and O–H groups in total. The Morgan fingerprint density at radius 2 is 2.14 bits per heavy atom. The monoisotopic (exact) mass is 121 g/mol. The van der Waals surface area contributed by atoms with Crippen LogP contribution >= 0.6 is 12.6 Å². The fourth-order valence-electron chi connectivity index (χ4n) is 0.153. The molecular formula is C4H9O2S. The van der Waals surface area contributed by atoms with Gasteiger partial charge in [0.1, 0.15) is 0 Å². The van der Waals surface area contributed by atoms with Crippen LogP contribution in [0.3, 0.4) is 0 Å². The molecule has 43 valence electrons. The predicted octanol–water partition coefficient (Wildman–Crippen LogP) is -0.0744. The molecule has 2 unspecified atom stereocenters. The highest BCUT2D eigenvalue weighted by atomic mass is 32.1. The second-order valence-electron chi connectivity index (χ2n) is 1.46. The van der Waals surface area contributed by atoms with E-state index in [-0.39, 0.29) is 6.61 Å². The van der Waals surface area contributed by atoms with Crippen LogP contribution in [0.4, 0.5) is 0 Å². The smallest absolute Gasteiger partial charge is 0.0661 e. The molecule has 0 bridgehead atoms. The van der Waals surface area contributed by atoms with Crippen LogP contribution < -0.4 is 0 Å². The fraction of sp³-hybridized carbons (Fsp3) is 1.00. The van der Waals surface area contributed by atoms with Crippen LogP contribution in [-0.4, -0.2) is 28.2 Å². The Balaban J connectivity index is 3.14. The van der Waals surface area contributed by atoms with E-state index >= 15 is 0 Å². The first kappa shape index (κ1) is 7.27. The molecule has 0 saturated carbocycles. The van der Waals surface area contributed by atoms with E-state index in [9.17, 15) is 0 Å². The van der Waals surface area contributed by atoms with Gasteiger partial charge in [0.25, 0.3) is 0 Å². The molecule has 0 amide bonds. The number of hydrogen-bond donors (Lipinski definition) is 2. The standard InChI is InChI=1S/C4H9O2S/c1-3(6)4(7)2-5/h3-6H,2H2,1H3. The van der Waals surface area contributed by atoms with Crippen LogP contribution in [0.2, 0.25) is 0 Å². The molecule has 0 aliphatic rings. The summed E-state index contributed by atoms with van der Waals surface area (Å²) in [5, 5.41) is 16.4. The van der Waals surface area contributed by atoms with Crippen molar-refractivity contribution in [1.82, 2.24) is 0 Å². The first-order chi connectivity index (χ1) is 3.18. The van der Waals surface area contributed by atoms with Crippen LogP contribution in [0.15, 0.2) is 0 Å². The van der Waals surface area contributed by atoms with Crippen molar-refractivity contribution >= 4 is 12.6 Å². The van der Waals surface area contributed by atoms with Gasteiger partial charge >= 0.3 is 0 Å². The average molecular weight is 121 g/mol. The summed E-state index contributed by atoms with van der Waals surface area (Å²) >= 11 is 4.56. The van der Waals surface area contributed by atoms with Gasteiger partial charge in [0, 0.05) is 0 Å². The Kier molecular flexibility index (Phi) is 3.42. The van der Waals surface area contributed by atoms with E-state index < -0.39 is 11.4 Å². The maximum Gasteiger partial charge on any atom is 0.0661 e. The Labute approximate surface area is 48.6 Å². The summed E-state index contributed by atoms with van der Waals surface area (Å²) in [4.78, 5) is 0. The topological polar surface area (TPSA) is 40.5 Å². The summed E-state index contributed by atoms with van der Waals surface area (Å²) in [6, 6.07) is 0.